The zero-order valence-electron chi connectivity index (χ0n) is 13.9. The van der Waals surface area contributed by atoms with E-state index in [4.69, 9.17) is 0 Å². The van der Waals surface area contributed by atoms with Gasteiger partial charge in [-0.2, -0.15) is 0 Å². The summed E-state index contributed by atoms with van der Waals surface area (Å²) in [6.07, 6.45) is 6.70. The van der Waals surface area contributed by atoms with Crippen molar-refractivity contribution in [3.8, 4) is 0 Å². The van der Waals surface area contributed by atoms with Crippen molar-refractivity contribution in [3.63, 3.8) is 0 Å². The number of anilines is 1. The molecule has 3 aliphatic rings. The standard InChI is InChI=1S/C19H28FN3/c20-16-2-4-17(5-3-16)22-13-6-18(14-22)23-12-1-7-19(15-23)8-10-21-11-9-19/h2-5,18,21H,1,6-15H2/t18-/m0/s1. The molecule has 4 heteroatoms. The Morgan fingerprint density at radius 3 is 2.61 bits per heavy atom. The zero-order valence-corrected chi connectivity index (χ0v) is 13.9. The summed E-state index contributed by atoms with van der Waals surface area (Å²) < 4.78 is 13.1. The van der Waals surface area contributed by atoms with E-state index in [0.717, 1.165) is 13.1 Å². The Bertz CT molecular complexity index is 518. The first-order valence-electron chi connectivity index (χ1n) is 9.19. The number of hydrogen-bond acceptors (Lipinski definition) is 3. The molecule has 4 rings (SSSR count). The van der Waals surface area contributed by atoms with Crippen LogP contribution in [0.1, 0.15) is 32.1 Å². The predicted octanol–water partition coefficient (Wildman–Crippen LogP) is 2.87. The van der Waals surface area contributed by atoms with Gasteiger partial charge in [-0.25, -0.2) is 4.39 Å². The zero-order chi connectivity index (χ0) is 15.7. The number of nitrogens with one attached hydrogen (secondary N) is 1. The number of benzene rings is 1. The van der Waals surface area contributed by atoms with Crippen molar-refractivity contribution < 1.29 is 4.39 Å². The van der Waals surface area contributed by atoms with E-state index in [9.17, 15) is 4.39 Å². The molecular formula is C19H28FN3. The van der Waals surface area contributed by atoms with Crippen LogP contribution >= 0.6 is 0 Å². The highest BCUT2D eigenvalue weighted by atomic mass is 19.1. The first-order valence-corrected chi connectivity index (χ1v) is 9.19. The summed E-state index contributed by atoms with van der Waals surface area (Å²) in [5.74, 6) is -0.145. The minimum atomic E-state index is -0.145. The summed E-state index contributed by atoms with van der Waals surface area (Å²) in [5, 5.41) is 3.52. The quantitative estimate of drug-likeness (QED) is 0.905. The highest BCUT2D eigenvalue weighted by Gasteiger charge is 2.39. The highest BCUT2D eigenvalue weighted by molar-refractivity contribution is 5.47. The number of nitrogens with zero attached hydrogens (tertiary/aromatic N) is 2. The van der Waals surface area contributed by atoms with E-state index in [2.05, 4.69) is 15.1 Å². The largest absolute Gasteiger partial charge is 0.370 e. The fourth-order valence-electron chi connectivity index (χ4n) is 4.85. The lowest BCUT2D eigenvalue weighted by atomic mass is 9.72. The average molecular weight is 317 g/mol. The Balaban J connectivity index is 1.40. The molecule has 0 unspecified atom stereocenters. The first kappa shape index (κ1) is 15.4. The fraction of sp³-hybridized carbons (Fsp3) is 0.684. The predicted molar refractivity (Wildman–Crippen MR) is 92.4 cm³/mol. The van der Waals surface area contributed by atoms with E-state index < -0.39 is 0 Å². The Hall–Kier alpha value is -1.13. The summed E-state index contributed by atoms with van der Waals surface area (Å²) in [6, 6.07) is 7.66. The molecule has 3 saturated heterocycles. The second kappa shape index (κ2) is 6.40. The van der Waals surface area contributed by atoms with Gasteiger partial charge in [-0.15, -0.1) is 0 Å². The molecule has 1 spiro atoms. The lowest BCUT2D eigenvalue weighted by Crippen LogP contribution is -2.52. The van der Waals surface area contributed by atoms with Crippen molar-refractivity contribution in [2.45, 2.75) is 38.1 Å². The van der Waals surface area contributed by atoms with Crippen molar-refractivity contribution in [2.75, 3.05) is 44.2 Å². The van der Waals surface area contributed by atoms with Crippen molar-refractivity contribution >= 4 is 5.69 Å². The molecular weight excluding hydrogens is 289 g/mol. The molecule has 0 aromatic heterocycles. The molecule has 1 atom stereocenters. The molecule has 1 aromatic carbocycles. The van der Waals surface area contributed by atoms with Crippen LogP contribution < -0.4 is 10.2 Å². The second-order valence-electron chi connectivity index (χ2n) is 7.69. The molecule has 126 valence electrons. The SMILES string of the molecule is Fc1ccc(N2CC[C@H](N3CCCC4(CCNCC4)C3)C2)cc1. The van der Waals surface area contributed by atoms with Gasteiger partial charge in [-0.3, -0.25) is 4.90 Å². The van der Waals surface area contributed by atoms with Gasteiger partial charge in [-0.1, -0.05) is 0 Å². The molecule has 0 saturated carbocycles. The van der Waals surface area contributed by atoms with Gasteiger partial charge in [0, 0.05) is 31.4 Å². The number of halogens is 1. The Morgan fingerprint density at radius 1 is 1.04 bits per heavy atom. The molecule has 0 radical (unpaired) electrons. The number of likely N-dealkylation sites (tertiary alicyclic amines) is 1. The molecule has 0 aliphatic carbocycles. The van der Waals surface area contributed by atoms with E-state index in [1.165, 1.54) is 64.0 Å². The van der Waals surface area contributed by atoms with Crippen LogP contribution in [0.4, 0.5) is 10.1 Å². The molecule has 3 nitrogen and oxygen atoms in total. The monoisotopic (exact) mass is 317 g/mol. The molecule has 23 heavy (non-hydrogen) atoms. The number of rotatable bonds is 2. The Morgan fingerprint density at radius 2 is 1.83 bits per heavy atom. The smallest absolute Gasteiger partial charge is 0.123 e. The minimum absolute atomic E-state index is 0.145. The van der Waals surface area contributed by atoms with Crippen LogP contribution in [0.15, 0.2) is 24.3 Å². The van der Waals surface area contributed by atoms with Gasteiger partial charge < -0.3 is 10.2 Å². The van der Waals surface area contributed by atoms with Crippen LogP contribution in [0.5, 0.6) is 0 Å². The highest BCUT2D eigenvalue weighted by Crippen LogP contribution is 2.39. The lowest BCUT2D eigenvalue weighted by molar-refractivity contribution is 0.0383. The summed E-state index contributed by atoms with van der Waals surface area (Å²) in [7, 11) is 0. The van der Waals surface area contributed by atoms with Crippen LogP contribution in [0.2, 0.25) is 0 Å². The topological polar surface area (TPSA) is 18.5 Å². The summed E-state index contributed by atoms with van der Waals surface area (Å²) in [6.45, 7) is 7.13. The van der Waals surface area contributed by atoms with Gasteiger partial charge in [0.1, 0.15) is 5.82 Å². The van der Waals surface area contributed by atoms with Crippen molar-refractivity contribution in [1.29, 1.82) is 0 Å². The third kappa shape index (κ3) is 3.24. The van der Waals surface area contributed by atoms with E-state index >= 15 is 0 Å². The molecule has 3 aliphatic heterocycles. The van der Waals surface area contributed by atoms with Gasteiger partial charge >= 0.3 is 0 Å². The number of hydrogen-bond donors (Lipinski definition) is 1. The van der Waals surface area contributed by atoms with Crippen molar-refractivity contribution in [2.24, 2.45) is 5.41 Å². The summed E-state index contributed by atoms with van der Waals surface area (Å²) in [5.41, 5.74) is 1.75. The maximum Gasteiger partial charge on any atom is 0.123 e. The molecule has 3 fully saturated rings. The summed E-state index contributed by atoms with van der Waals surface area (Å²) in [4.78, 5) is 5.19. The van der Waals surface area contributed by atoms with Crippen molar-refractivity contribution in [1.82, 2.24) is 10.2 Å². The Kier molecular flexibility index (Phi) is 4.29. The molecule has 1 N–H and O–H groups in total. The van der Waals surface area contributed by atoms with E-state index in [1.54, 1.807) is 12.1 Å². The van der Waals surface area contributed by atoms with Gasteiger partial charge in [-0.05, 0) is 81.4 Å². The second-order valence-corrected chi connectivity index (χ2v) is 7.69. The van der Waals surface area contributed by atoms with E-state index in [1.807, 2.05) is 12.1 Å². The first-order chi connectivity index (χ1) is 11.2. The normalized spacial score (nSPS) is 28.4. The lowest BCUT2D eigenvalue weighted by Gasteiger charge is -2.47. The third-order valence-electron chi connectivity index (χ3n) is 6.23. The van der Waals surface area contributed by atoms with Gasteiger partial charge in [0.15, 0.2) is 0 Å². The molecule has 0 amide bonds. The maximum atomic E-state index is 13.1. The molecule has 3 heterocycles. The van der Waals surface area contributed by atoms with E-state index in [-0.39, 0.29) is 5.82 Å². The van der Waals surface area contributed by atoms with Crippen LogP contribution in [0, 0.1) is 11.2 Å². The van der Waals surface area contributed by atoms with Crippen LogP contribution in [-0.4, -0.2) is 50.2 Å². The van der Waals surface area contributed by atoms with Crippen LogP contribution in [0.25, 0.3) is 0 Å². The van der Waals surface area contributed by atoms with Gasteiger partial charge in [0.2, 0.25) is 0 Å². The minimum Gasteiger partial charge on any atom is -0.370 e. The van der Waals surface area contributed by atoms with Gasteiger partial charge in [0.05, 0.1) is 0 Å². The number of piperidine rings is 2. The fourth-order valence-corrected chi connectivity index (χ4v) is 4.85. The molecule has 1 aromatic rings. The Labute approximate surface area is 138 Å². The average Bonchev–Trinajstić information content (AvgIpc) is 3.06. The van der Waals surface area contributed by atoms with Crippen LogP contribution in [0.3, 0.4) is 0 Å². The molecule has 0 bridgehead atoms. The maximum absolute atomic E-state index is 13.1. The van der Waals surface area contributed by atoms with Gasteiger partial charge in [0.25, 0.3) is 0 Å². The summed E-state index contributed by atoms with van der Waals surface area (Å²) >= 11 is 0. The third-order valence-corrected chi connectivity index (χ3v) is 6.23. The van der Waals surface area contributed by atoms with E-state index in [0.29, 0.717) is 11.5 Å². The van der Waals surface area contributed by atoms with Crippen LogP contribution in [-0.2, 0) is 0 Å². The van der Waals surface area contributed by atoms with Crippen molar-refractivity contribution in [3.05, 3.63) is 30.1 Å².